The molecule has 0 atom stereocenters. The zero-order valence-electron chi connectivity index (χ0n) is 15.8. The summed E-state index contributed by atoms with van der Waals surface area (Å²) in [7, 11) is 0. The van der Waals surface area contributed by atoms with E-state index in [9.17, 15) is 14.4 Å². The van der Waals surface area contributed by atoms with E-state index in [1.807, 2.05) is 4.90 Å². The molecule has 0 saturated carbocycles. The third-order valence-corrected chi connectivity index (χ3v) is 4.47. The lowest BCUT2D eigenvalue weighted by molar-refractivity contribution is -0.115. The van der Waals surface area contributed by atoms with Gasteiger partial charge in [-0.05, 0) is 61.4 Å². The Morgan fingerprint density at radius 3 is 1.96 bits per heavy atom. The van der Waals surface area contributed by atoms with Gasteiger partial charge in [-0.25, -0.2) is 0 Å². The molecular weight excluding hydrogens is 356 g/mol. The van der Waals surface area contributed by atoms with Gasteiger partial charge in [-0.1, -0.05) is 0 Å². The van der Waals surface area contributed by atoms with Crippen molar-refractivity contribution in [1.82, 2.24) is 4.90 Å². The molecule has 0 spiro atoms. The number of nitrogens with one attached hydrogen (secondary N) is 3. The Morgan fingerprint density at radius 2 is 1.36 bits per heavy atom. The maximum atomic E-state index is 12.3. The predicted molar refractivity (Wildman–Crippen MR) is 109 cm³/mol. The topological polar surface area (TPSA) is 90.5 Å². The lowest BCUT2D eigenvalue weighted by Gasteiger charge is -2.15. The van der Waals surface area contributed by atoms with E-state index < -0.39 is 0 Å². The van der Waals surface area contributed by atoms with Crippen molar-refractivity contribution >= 4 is 34.8 Å². The molecule has 7 heteroatoms. The number of hydrogen-bond donors (Lipinski definition) is 3. The summed E-state index contributed by atoms with van der Waals surface area (Å²) in [6.45, 7) is 3.18. The minimum absolute atomic E-state index is 0.0414. The van der Waals surface area contributed by atoms with E-state index >= 15 is 0 Å². The van der Waals surface area contributed by atoms with Crippen LogP contribution in [-0.2, 0) is 9.59 Å². The zero-order chi connectivity index (χ0) is 19.9. The molecule has 3 amide bonds. The van der Waals surface area contributed by atoms with Crippen molar-refractivity contribution in [3.63, 3.8) is 0 Å². The van der Waals surface area contributed by atoms with Gasteiger partial charge < -0.3 is 20.9 Å². The molecule has 1 aliphatic rings. The largest absolute Gasteiger partial charge is 0.376 e. The summed E-state index contributed by atoms with van der Waals surface area (Å²) in [6.07, 6.45) is 2.12. The Morgan fingerprint density at radius 1 is 0.821 bits per heavy atom. The fourth-order valence-electron chi connectivity index (χ4n) is 3.06. The molecule has 1 aliphatic heterocycles. The average Bonchev–Trinajstić information content (AvgIpc) is 3.22. The van der Waals surface area contributed by atoms with Gasteiger partial charge in [0.1, 0.15) is 0 Å². The summed E-state index contributed by atoms with van der Waals surface area (Å²) in [6, 6.07) is 14.1. The van der Waals surface area contributed by atoms with E-state index in [1.165, 1.54) is 6.92 Å². The smallest absolute Gasteiger partial charge is 0.253 e. The first-order valence-corrected chi connectivity index (χ1v) is 9.32. The number of benzene rings is 2. The molecule has 0 radical (unpaired) electrons. The second-order valence-corrected chi connectivity index (χ2v) is 6.74. The van der Waals surface area contributed by atoms with Gasteiger partial charge in [0.05, 0.1) is 6.54 Å². The highest BCUT2D eigenvalue weighted by atomic mass is 16.2. The Hall–Kier alpha value is -3.35. The lowest BCUT2D eigenvalue weighted by atomic mass is 10.2. The quantitative estimate of drug-likeness (QED) is 0.719. The van der Waals surface area contributed by atoms with Crippen LogP contribution in [-0.4, -0.2) is 42.3 Å². The van der Waals surface area contributed by atoms with E-state index in [1.54, 1.807) is 48.5 Å². The molecule has 146 valence electrons. The summed E-state index contributed by atoms with van der Waals surface area (Å²) in [4.78, 5) is 37.3. The van der Waals surface area contributed by atoms with Gasteiger partial charge in [0.2, 0.25) is 11.8 Å². The monoisotopic (exact) mass is 380 g/mol. The number of likely N-dealkylation sites (tertiary alicyclic amines) is 1. The zero-order valence-corrected chi connectivity index (χ0v) is 15.8. The second kappa shape index (κ2) is 9.03. The summed E-state index contributed by atoms with van der Waals surface area (Å²) < 4.78 is 0. The molecule has 0 bridgehead atoms. The van der Waals surface area contributed by atoms with Gasteiger partial charge in [-0.2, -0.15) is 0 Å². The molecule has 2 aromatic carbocycles. The lowest BCUT2D eigenvalue weighted by Crippen LogP contribution is -2.27. The Bertz CT molecular complexity index is 841. The van der Waals surface area contributed by atoms with Crippen molar-refractivity contribution in [2.24, 2.45) is 0 Å². The number of hydrogen-bond acceptors (Lipinski definition) is 4. The predicted octanol–water partition coefficient (Wildman–Crippen LogP) is 2.93. The number of amides is 3. The van der Waals surface area contributed by atoms with Crippen LogP contribution in [0.25, 0.3) is 0 Å². The summed E-state index contributed by atoms with van der Waals surface area (Å²) in [5.41, 5.74) is 2.75. The molecule has 2 aromatic rings. The Labute approximate surface area is 164 Å². The molecule has 1 heterocycles. The molecule has 1 fully saturated rings. The van der Waals surface area contributed by atoms with Gasteiger partial charge in [-0.15, -0.1) is 0 Å². The minimum atomic E-state index is -0.190. The second-order valence-electron chi connectivity index (χ2n) is 6.74. The van der Waals surface area contributed by atoms with Crippen LogP contribution in [0.4, 0.5) is 17.1 Å². The highest BCUT2D eigenvalue weighted by Gasteiger charge is 2.19. The fraction of sp³-hybridized carbons (Fsp3) is 0.286. The standard InChI is InChI=1S/C21H24N4O3/c1-15(26)23-18-10-8-17(9-11-18)22-14-20(27)24-19-6-4-16(5-7-19)21(28)25-12-2-3-13-25/h4-11,22H,2-3,12-14H2,1H3,(H,23,26)(H,24,27). The molecule has 28 heavy (non-hydrogen) atoms. The van der Waals surface area contributed by atoms with Crippen LogP contribution in [0.1, 0.15) is 30.1 Å². The summed E-state index contributed by atoms with van der Waals surface area (Å²) >= 11 is 0. The van der Waals surface area contributed by atoms with Gasteiger partial charge in [-0.3, -0.25) is 14.4 Å². The molecule has 0 aromatic heterocycles. The van der Waals surface area contributed by atoms with Crippen molar-refractivity contribution < 1.29 is 14.4 Å². The maximum absolute atomic E-state index is 12.3. The number of nitrogens with zero attached hydrogens (tertiary/aromatic N) is 1. The van der Waals surface area contributed by atoms with Crippen LogP contribution < -0.4 is 16.0 Å². The molecule has 0 unspecified atom stereocenters. The van der Waals surface area contributed by atoms with Gasteiger partial charge in [0.25, 0.3) is 5.91 Å². The van der Waals surface area contributed by atoms with Gasteiger partial charge in [0.15, 0.2) is 0 Å². The number of anilines is 3. The fourth-order valence-corrected chi connectivity index (χ4v) is 3.06. The first kappa shape index (κ1) is 19.4. The van der Waals surface area contributed by atoms with Crippen molar-refractivity contribution in [3.05, 3.63) is 54.1 Å². The van der Waals surface area contributed by atoms with Gasteiger partial charge >= 0.3 is 0 Å². The van der Waals surface area contributed by atoms with Crippen molar-refractivity contribution in [2.45, 2.75) is 19.8 Å². The molecule has 1 saturated heterocycles. The molecule has 0 aliphatic carbocycles. The van der Waals surface area contributed by atoms with Crippen LogP contribution in [0.5, 0.6) is 0 Å². The van der Waals surface area contributed by atoms with E-state index in [-0.39, 0.29) is 24.3 Å². The van der Waals surface area contributed by atoms with Crippen LogP contribution >= 0.6 is 0 Å². The van der Waals surface area contributed by atoms with Crippen LogP contribution in [0, 0.1) is 0 Å². The number of carbonyl (C=O) groups excluding carboxylic acids is 3. The summed E-state index contributed by atoms with van der Waals surface area (Å²) in [5.74, 6) is -0.280. The van der Waals surface area contributed by atoms with Crippen LogP contribution in [0.3, 0.4) is 0 Å². The van der Waals surface area contributed by atoms with E-state index in [0.29, 0.717) is 16.9 Å². The minimum Gasteiger partial charge on any atom is -0.376 e. The van der Waals surface area contributed by atoms with Crippen molar-refractivity contribution in [2.75, 3.05) is 35.6 Å². The van der Waals surface area contributed by atoms with Crippen LogP contribution in [0.2, 0.25) is 0 Å². The first-order valence-electron chi connectivity index (χ1n) is 9.32. The Balaban J connectivity index is 1.48. The third-order valence-electron chi connectivity index (χ3n) is 4.47. The van der Waals surface area contributed by atoms with Gasteiger partial charge in [0, 0.05) is 42.6 Å². The molecule has 7 nitrogen and oxygen atoms in total. The summed E-state index contributed by atoms with van der Waals surface area (Å²) in [5, 5.41) is 8.52. The van der Waals surface area contributed by atoms with E-state index in [4.69, 9.17) is 0 Å². The molecular formula is C21H24N4O3. The van der Waals surface area contributed by atoms with Crippen molar-refractivity contribution in [1.29, 1.82) is 0 Å². The molecule has 3 rings (SSSR count). The van der Waals surface area contributed by atoms with E-state index in [2.05, 4.69) is 16.0 Å². The highest BCUT2D eigenvalue weighted by molar-refractivity contribution is 5.97. The number of rotatable bonds is 6. The number of carbonyl (C=O) groups is 3. The average molecular weight is 380 g/mol. The van der Waals surface area contributed by atoms with Crippen LogP contribution in [0.15, 0.2) is 48.5 Å². The van der Waals surface area contributed by atoms with Crippen molar-refractivity contribution in [3.8, 4) is 0 Å². The van der Waals surface area contributed by atoms with E-state index in [0.717, 1.165) is 31.6 Å². The normalized spacial score (nSPS) is 13.1. The SMILES string of the molecule is CC(=O)Nc1ccc(NCC(=O)Nc2ccc(C(=O)N3CCCC3)cc2)cc1. The highest BCUT2D eigenvalue weighted by Crippen LogP contribution is 2.16. The molecule has 3 N–H and O–H groups in total. The third kappa shape index (κ3) is 5.33. The Kier molecular flexibility index (Phi) is 6.26. The maximum Gasteiger partial charge on any atom is 0.253 e. The first-order chi connectivity index (χ1) is 13.5.